The summed E-state index contributed by atoms with van der Waals surface area (Å²) in [5.74, 6) is 0.814. The summed E-state index contributed by atoms with van der Waals surface area (Å²) in [6.07, 6.45) is 4.59. The van der Waals surface area contributed by atoms with Crippen molar-refractivity contribution in [1.29, 1.82) is 0 Å². The zero-order valence-electron chi connectivity index (χ0n) is 9.98. The normalized spacial score (nSPS) is 15.5. The molecule has 0 saturated carbocycles. The molecule has 2 heteroatoms. The molecular formula is C15H16O2. The zero-order valence-corrected chi connectivity index (χ0v) is 9.98. The van der Waals surface area contributed by atoms with Gasteiger partial charge in [-0.2, -0.15) is 0 Å². The van der Waals surface area contributed by atoms with Crippen molar-refractivity contribution in [3.05, 3.63) is 58.9 Å². The third-order valence-electron chi connectivity index (χ3n) is 2.85. The second kappa shape index (κ2) is 5.48. The van der Waals surface area contributed by atoms with Crippen LogP contribution in [0.3, 0.4) is 0 Å². The van der Waals surface area contributed by atoms with Crippen molar-refractivity contribution in [1.82, 2.24) is 0 Å². The molecule has 0 aliphatic heterocycles. The maximum Gasteiger partial charge on any atom is 0.153 e. The van der Waals surface area contributed by atoms with E-state index >= 15 is 0 Å². The minimum atomic E-state index is 0.528. The maximum atomic E-state index is 10.9. The molecule has 1 aliphatic rings. The highest BCUT2D eigenvalue weighted by Crippen LogP contribution is 2.24. The van der Waals surface area contributed by atoms with Crippen molar-refractivity contribution >= 4 is 6.29 Å². The van der Waals surface area contributed by atoms with Gasteiger partial charge in [0, 0.05) is 6.42 Å². The predicted octanol–water partition coefficient (Wildman–Crippen LogP) is 3.40. The van der Waals surface area contributed by atoms with E-state index < -0.39 is 0 Å². The molecule has 1 aromatic rings. The van der Waals surface area contributed by atoms with Gasteiger partial charge in [-0.15, -0.1) is 0 Å². The summed E-state index contributed by atoms with van der Waals surface area (Å²) in [7, 11) is 0. The van der Waals surface area contributed by atoms with Gasteiger partial charge in [0.15, 0.2) is 6.29 Å². The molecule has 0 unspecified atom stereocenters. The minimum absolute atomic E-state index is 0.528. The molecule has 0 saturated heterocycles. The minimum Gasteiger partial charge on any atom is -0.492 e. The van der Waals surface area contributed by atoms with Gasteiger partial charge in [0.25, 0.3) is 0 Å². The number of benzene rings is 1. The first kappa shape index (κ1) is 11.6. The molecule has 0 spiro atoms. The third kappa shape index (κ3) is 3.06. The molecular weight excluding hydrogens is 212 g/mol. The van der Waals surface area contributed by atoms with Gasteiger partial charge in [0.2, 0.25) is 0 Å². The quantitative estimate of drug-likeness (QED) is 0.738. The number of rotatable bonds is 4. The average Bonchev–Trinajstić information content (AvgIpc) is 2.38. The van der Waals surface area contributed by atoms with E-state index in [1.807, 2.05) is 43.3 Å². The predicted molar refractivity (Wildman–Crippen MR) is 67.3 cm³/mol. The fourth-order valence-electron chi connectivity index (χ4n) is 1.87. The highest BCUT2D eigenvalue weighted by atomic mass is 16.5. The number of hydrogen-bond acceptors (Lipinski definition) is 2. The Kier molecular flexibility index (Phi) is 3.76. The summed E-state index contributed by atoms with van der Waals surface area (Å²) in [6.45, 7) is 2.57. The first-order valence-corrected chi connectivity index (χ1v) is 5.82. The lowest BCUT2D eigenvalue weighted by Gasteiger charge is -2.16. The SMILES string of the molecule is CC1=CC(C=O)=C(OCc2ccccc2)CC1. The van der Waals surface area contributed by atoms with Gasteiger partial charge in [-0.05, 0) is 25.0 Å². The monoisotopic (exact) mass is 228 g/mol. The van der Waals surface area contributed by atoms with Crippen LogP contribution in [0.1, 0.15) is 25.3 Å². The molecule has 1 aromatic carbocycles. The number of aldehydes is 1. The van der Waals surface area contributed by atoms with Crippen LogP contribution in [-0.2, 0) is 16.1 Å². The lowest BCUT2D eigenvalue weighted by Crippen LogP contribution is -2.03. The van der Waals surface area contributed by atoms with Crippen molar-refractivity contribution in [2.24, 2.45) is 0 Å². The first-order chi connectivity index (χ1) is 8.29. The summed E-state index contributed by atoms with van der Waals surface area (Å²) in [4.78, 5) is 10.9. The van der Waals surface area contributed by atoms with Gasteiger partial charge < -0.3 is 4.74 Å². The van der Waals surface area contributed by atoms with E-state index in [1.165, 1.54) is 5.57 Å². The fourth-order valence-corrected chi connectivity index (χ4v) is 1.87. The summed E-state index contributed by atoms with van der Waals surface area (Å²) >= 11 is 0. The van der Waals surface area contributed by atoms with Gasteiger partial charge >= 0.3 is 0 Å². The smallest absolute Gasteiger partial charge is 0.153 e. The Morgan fingerprint density at radius 1 is 1.24 bits per heavy atom. The average molecular weight is 228 g/mol. The molecule has 0 radical (unpaired) electrons. The topological polar surface area (TPSA) is 26.3 Å². The highest BCUT2D eigenvalue weighted by Gasteiger charge is 2.12. The molecule has 0 aromatic heterocycles. The van der Waals surface area contributed by atoms with Crippen LogP contribution in [0.2, 0.25) is 0 Å². The standard InChI is InChI=1S/C15H16O2/c1-12-7-8-15(14(9-12)10-16)17-11-13-5-3-2-4-6-13/h2-6,9-10H,7-8,11H2,1H3. The molecule has 1 aliphatic carbocycles. The molecule has 2 rings (SSSR count). The lowest BCUT2D eigenvalue weighted by molar-refractivity contribution is -0.104. The molecule has 0 heterocycles. The second-order valence-corrected chi connectivity index (χ2v) is 4.26. The first-order valence-electron chi connectivity index (χ1n) is 5.82. The maximum absolute atomic E-state index is 10.9. The van der Waals surface area contributed by atoms with Crippen LogP contribution < -0.4 is 0 Å². The van der Waals surface area contributed by atoms with Crippen molar-refractivity contribution in [3.8, 4) is 0 Å². The summed E-state index contributed by atoms with van der Waals surface area (Å²) in [6, 6.07) is 9.99. The van der Waals surface area contributed by atoms with Crippen LogP contribution in [0, 0.1) is 0 Å². The van der Waals surface area contributed by atoms with E-state index in [0.29, 0.717) is 12.2 Å². The van der Waals surface area contributed by atoms with Crippen LogP contribution in [0.25, 0.3) is 0 Å². The largest absolute Gasteiger partial charge is 0.492 e. The van der Waals surface area contributed by atoms with E-state index in [0.717, 1.165) is 30.5 Å². The molecule has 88 valence electrons. The third-order valence-corrected chi connectivity index (χ3v) is 2.85. The number of carbonyl (C=O) groups is 1. The molecule has 0 bridgehead atoms. The number of hydrogen-bond donors (Lipinski definition) is 0. The number of allylic oxidation sites excluding steroid dienone is 4. The molecule has 0 fully saturated rings. The fraction of sp³-hybridized carbons (Fsp3) is 0.267. The van der Waals surface area contributed by atoms with Crippen LogP contribution in [0.15, 0.2) is 53.3 Å². The van der Waals surface area contributed by atoms with E-state index in [9.17, 15) is 4.79 Å². The van der Waals surface area contributed by atoms with Crippen LogP contribution in [0.5, 0.6) is 0 Å². The van der Waals surface area contributed by atoms with Gasteiger partial charge in [0.1, 0.15) is 12.4 Å². The van der Waals surface area contributed by atoms with Gasteiger partial charge in [-0.1, -0.05) is 35.9 Å². The Morgan fingerprint density at radius 2 is 2.00 bits per heavy atom. The summed E-state index contributed by atoms with van der Waals surface area (Å²) in [5.41, 5.74) is 3.04. The highest BCUT2D eigenvalue weighted by molar-refractivity contribution is 5.79. The second-order valence-electron chi connectivity index (χ2n) is 4.26. The van der Waals surface area contributed by atoms with Crippen LogP contribution in [-0.4, -0.2) is 6.29 Å². The Morgan fingerprint density at radius 3 is 2.71 bits per heavy atom. The Labute approximate surface area is 102 Å². The lowest BCUT2D eigenvalue weighted by atomic mass is 10.00. The number of ether oxygens (including phenoxy) is 1. The van der Waals surface area contributed by atoms with Gasteiger partial charge in [-0.25, -0.2) is 0 Å². The van der Waals surface area contributed by atoms with Crippen molar-refractivity contribution < 1.29 is 9.53 Å². The Balaban J connectivity index is 2.06. The van der Waals surface area contributed by atoms with Crippen molar-refractivity contribution in [3.63, 3.8) is 0 Å². The van der Waals surface area contributed by atoms with E-state index in [2.05, 4.69) is 0 Å². The molecule has 17 heavy (non-hydrogen) atoms. The van der Waals surface area contributed by atoms with Crippen LogP contribution in [0.4, 0.5) is 0 Å². The van der Waals surface area contributed by atoms with Gasteiger partial charge in [-0.3, -0.25) is 4.79 Å². The molecule has 0 atom stereocenters. The zero-order chi connectivity index (χ0) is 12.1. The van der Waals surface area contributed by atoms with E-state index in [4.69, 9.17) is 4.74 Å². The van der Waals surface area contributed by atoms with Gasteiger partial charge in [0.05, 0.1) is 5.57 Å². The van der Waals surface area contributed by atoms with Crippen molar-refractivity contribution in [2.75, 3.05) is 0 Å². The summed E-state index contributed by atoms with van der Waals surface area (Å²) < 4.78 is 5.72. The molecule has 0 amide bonds. The van der Waals surface area contributed by atoms with E-state index in [1.54, 1.807) is 0 Å². The molecule has 0 N–H and O–H groups in total. The van der Waals surface area contributed by atoms with Crippen LogP contribution >= 0.6 is 0 Å². The summed E-state index contributed by atoms with van der Waals surface area (Å²) in [5, 5.41) is 0. The number of carbonyl (C=O) groups excluding carboxylic acids is 1. The van der Waals surface area contributed by atoms with Crippen molar-refractivity contribution in [2.45, 2.75) is 26.4 Å². The molecule has 2 nitrogen and oxygen atoms in total. The Hall–Kier alpha value is -1.83. The Bertz CT molecular complexity index is 455. The van der Waals surface area contributed by atoms with E-state index in [-0.39, 0.29) is 0 Å².